The highest BCUT2D eigenvalue weighted by Crippen LogP contribution is 2.11. The normalized spacial score (nSPS) is 18.7. The summed E-state index contributed by atoms with van der Waals surface area (Å²) in [4.78, 5) is 31.5. The molecule has 7 heteroatoms. The number of H-pyrrole nitrogens is 1. The Morgan fingerprint density at radius 3 is 3.24 bits per heavy atom. The Morgan fingerprint density at radius 2 is 2.48 bits per heavy atom. The minimum Gasteiger partial charge on any atom is -0.375 e. The predicted octanol–water partition coefficient (Wildman–Crippen LogP) is -0.0336. The van der Waals surface area contributed by atoms with Crippen molar-refractivity contribution in [3.8, 4) is 0 Å². The van der Waals surface area contributed by atoms with E-state index < -0.39 is 0 Å². The summed E-state index contributed by atoms with van der Waals surface area (Å²) in [5, 5.41) is 0. The molecule has 1 amide bonds. The van der Waals surface area contributed by atoms with E-state index in [4.69, 9.17) is 9.47 Å². The summed E-state index contributed by atoms with van der Waals surface area (Å²) in [6, 6.07) is 1.49. The number of aryl methyl sites for hydroxylation is 1. The van der Waals surface area contributed by atoms with Gasteiger partial charge in [-0.25, -0.2) is 4.98 Å². The van der Waals surface area contributed by atoms with Gasteiger partial charge in [0.25, 0.3) is 5.56 Å². The molecule has 1 atom stereocenters. The fourth-order valence-corrected chi connectivity index (χ4v) is 2.26. The van der Waals surface area contributed by atoms with Gasteiger partial charge in [-0.2, -0.15) is 0 Å². The number of aromatic nitrogens is 2. The predicted molar refractivity (Wildman–Crippen MR) is 76.0 cm³/mol. The number of carbonyl (C=O) groups excluding carboxylic acids is 1. The van der Waals surface area contributed by atoms with Gasteiger partial charge in [-0.1, -0.05) is 0 Å². The highest BCUT2D eigenvalue weighted by molar-refractivity contribution is 5.77. The topological polar surface area (TPSA) is 84.5 Å². The molecule has 0 spiro atoms. The Bertz CT molecular complexity index is 517. The lowest BCUT2D eigenvalue weighted by Crippen LogP contribution is -2.47. The van der Waals surface area contributed by atoms with Gasteiger partial charge in [0.1, 0.15) is 6.61 Å². The van der Waals surface area contributed by atoms with Gasteiger partial charge in [0, 0.05) is 31.5 Å². The van der Waals surface area contributed by atoms with Gasteiger partial charge in [-0.05, 0) is 19.8 Å². The number of nitrogens with zero attached hydrogens (tertiary/aromatic N) is 2. The van der Waals surface area contributed by atoms with Crippen LogP contribution in [-0.4, -0.2) is 59.8 Å². The van der Waals surface area contributed by atoms with Crippen LogP contribution in [0.15, 0.2) is 17.2 Å². The van der Waals surface area contributed by atoms with E-state index in [1.54, 1.807) is 4.90 Å². The second-order valence-electron chi connectivity index (χ2n) is 4.91. The van der Waals surface area contributed by atoms with Crippen LogP contribution in [-0.2, 0) is 20.7 Å². The standard InChI is InChI=1S/C14H21N3O4/c1-2-20-9-14(19)17-5-6-21-12(8-17)4-3-11-7-13(18)16-10-15-11/h7,10,12H,2-6,8-9H2,1H3,(H,15,16,18). The Kier molecular flexibility index (Phi) is 5.89. The van der Waals surface area contributed by atoms with Crippen LogP contribution in [0.4, 0.5) is 0 Å². The fourth-order valence-electron chi connectivity index (χ4n) is 2.26. The smallest absolute Gasteiger partial charge is 0.250 e. The zero-order chi connectivity index (χ0) is 15.1. The van der Waals surface area contributed by atoms with Crippen molar-refractivity contribution in [2.24, 2.45) is 0 Å². The van der Waals surface area contributed by atoms with Crippen molar-refractivity contribution < 1.29 is 14.3 Å². The summed E-state index contributed by atoms with van der Waals surface area (Å²) >= 11 is 0. The van der Waals surface area contributed by atoms with E-state index >= 15 is 0 Å². The molecule has 7 nitrogen and oxygen atoms in total. The molecule has 1 saturated heterocycles. The maximum Gasteiger partial charge on any atom is 0.250 e. The van der Waals surface area contributed by atoms with Gasteiger partial charge in [0.15, 0.2) is 0 Å². The maximum absolute atomic E-state index is 11.9. The van der Waals surface area contributed by atoms with Crippen molar-refractivity contribution >= 4 is 5.91 Å². The first-order chi connectivity index (χ1) is 10.2. The third-order valence-corrected chi connectivity index (χ3v) is 3.38. The van der Waals surface area contributed by atoms with Crippen LogP contribution in [0.1, 0.15) is 19.0 Å². The molecule has 1 aliphatic heterocycles. The van der Waals surface area contributed by atoms with E-state index in [2.05, 4.69) is 9.97 Å². The summed E-state index contributed by atoms with van der Waals surface area (Å²) in [6.45, 7) is 4.22. The van der Waals surface area contributed by atoms with Crippen LogP contribution in [0.2, 0.25) is 0 Å². The molecule has 0 aromatic carbocycles. The number of ether oxygens (including phenoxy) is 2. The van der Waals surface area contributed by atoms with E-state index in [0.29, 0.717) is 32.7 Å². The first-order valence-electron chi connectivity index (χ1n) is 7.19. The lowest BCUT2D eigenvalue weighted by atomic mass is 10.1. The van der Waals surface area contributed by atoms with Gasteiger partial charge in [-0.15, -0.1) is 0 Å². The van der Waals surface area contributed by atoms with Crippen molar-refractivity contribution in [1.82, 2.24) is 14.9 Å². The molecule has 21 heavy (non-hydrogen) atoms. The molecular weight excluding hydrogens is 274 g/mol. The molecule has 0 bridgehead atoms. The number of rotatable bonds is 6. The first-order valence-corrected chi connectivity index (χ1v) is 7.19. The molecule has 0 saturated carbocycles. The second-order valence-corrected chi connectivity index (χ2v) is 4.91. The zero-order valence-corrected chi connectivity index (χ0v) is 12.2. The average molecular weight is 295 g/mol. The number of aromatic amines is 1. The van der Waals surface area contributed by atoms with Crippen molar-refractivity contribution in [2.45, 2.75) is 25.9 Å². The summed E-state index contributed by atoms with van der Waals surface area (Å²) in [6.07, 6.45) is 2.76. The third-order valence-electron chi connectivity index (χ3n) is 3.38. The van der Waals surface area contributed by atoms with Crippen molar-refractivity contribution in [3.63, 3.8) is 0 Å². The lowest BCUT2D eigenvalue weighted by molar-refractivity contribution is -0.143. The van der Waals surface area contributed by atoms with Crippen molar-refractivity contribution in [1.29, 1.82) is 0 Å². The molecule has 1 aliphatic rings. The van der Waals surface area contributed by atoms with Gasteiger partial charge in [0.2, 0.25) is 5.91 Å². The minimum atomic E-state index is -0.155. The molecule has 0 aliphatic carbocycles. The monoisotopic (exact) mass is 295 g/mol. The van der Waals surface area contributed by atoms with Gasteiger partial charge >= 0.3 is 0 Å². The SMILES string of the molecule is CCOCC(=O)N1CCOC(CCc2cc(=O)[nH]cn2)C1. The summed E-state index contributed by atoms with van der Waals surface area (Å²) < 4.78 is 10.8. The summed E-state index contributed by atoms with van der Waals surface area (Å²) in [5.41, 5.74) is 0.582. The van der Waals surface area contributed by atoms with E-state index in [9.17, 15) is 9.59 Å². The highest BCUT2D eigenvalue weighted by Gasteiger charge is 2.24. The summed E-state index contributed by atoms with van der Waals surface area (Å²) in [7, 11) is 0. The number of amides is 1. The second kappa shape index (κ2) is 7.90. The average Bonchev–Trinajstić information content (AvgIpc) is 2.51. The zero-order valence-electron chi connectivity index (χ0n) is 12.2. The van der Waals surface area contributed by atoms with Crippen LogP contribution in [0.25, 0.3) is 0 Å². The highest BCUT2D eigenvalue weighted by atomic mass is 16.5. The molecule has 116 valence electrons. The largest absolute Gasteiger partial charge is 0.375 e. The Balaban J connectivity index is 1.81. The number of hydrogen-bond acceptors (Lipinski definition) is 5. The molecule has 1 unspecified atom stereocenters. The summed E-state index contributed by atoms with van der Waals surface area (Å²) in [5.74, 6) is -0.000527. The molecule has 2 rings (SSSR count). The van der Waals surface area contributed by atoms with Crippen molar-refractivity contribution in [3.05, 3.63) is 28.4 Å². The van der Waals surface area contributed by atoms with E-state index in [1.807, 2.05) is 6.92 Å². The molecule has 1 aromatic rings. The van der Waals surface area contributed by atoms with E-state index in [-0.39, 0.29) is 24.2 Å². The third kappa shape index (κ3) is 4.95. The Labute approximate surface area is 123 Å². The van der Waals surface area contributed by atoms with Gasteiger partial charge in [-0.3, -0.25) is 9.59 Å². The minimum absolute atomic E-state index is 0.000527. The van der Waals surface area contributed by atoms with Gasteiger partial charge < -0.3 is 19.4 Å². The van der Waals surface area contributed by atoms with E-state index in [0.717, 1.165) is 12.1 Å². The lowest BCUT2D eigenvalue weighted by Gasteiger charge is -2.33. The van der Waals surface area contributed by atoms with Gasteiger partial charge in [0.05, 0.1) is 19.0 Å². The van der Waals surface area contributed by atoms with Crippen LogP contribution in [0.5, 0.6) is 0 Å². The van der Waals surface area contributed by atoms with Crippen LogP contribution >= 0.6 is 0 Å². The number of morpholine rings is 1. The van der Waals surface area contributed by atoms with Crippen LogP contribution in [0.3, 0.4) is 0 Å². The molecule has 0 radical (unpaired) electrons. The van der Waals surface area contributed by atoms with Crippen LogP contribution in [0, 0.1) is 0 Å². The molecule has 1 aromatic heterocycles. The Hall–Kier alpha value is -1.73. The van der Waals surface area contributed by atoms with Crippen LogP contribution < -0.4 is 5.56 Å². The maximum atomic E-state index is 11.9. The number of nitrogens with one attached hydrogen (secondary N) is 1. The van der Waals surface area contributed by atoms with Crippen molar-refractivity contribution in [2.75, 3.05) is 32.9 Å². The quantitative estimate of drug-likeness (QED) is 0.796. The number of carbonyl (C=O) groups is 1. The fraction of sp³-hybridized carbons (Fsp3) is 0.643. The molecule has 1 fully saturated rings. The Morgan fingerprint density at radius 1 is 1.62 bits per heavy atom. The number of hydrogen-bond donors (Lipinski definition) is 1. The first kappa shape index (κ1) is 15.7. The molecule has 2 heterocycles. The van der Waals surface area contributed by atoms with E-state index in [1.165, 1.54) is 12.4 Å². The molecular formula is C14H21N3O4. The molecule has 1 N–H and O–H groups in total.